The van der Waals surface area contributed by atoms with Crippen molar-refractivity contribution in [2.24, 2.45) is 0 Å². The van der Waals surface area contributed by atoms with Crippen LogP contribution in [0.5, 0.6) is 0 Å². The average molecular weight is 489 g/mol. The van der Waals surface area contributed by atoms with Gasteiger partial charge in [0.2, 0.25) is 17.7 Å². The molecule has 3 rings (SSSR count). The minimum absolute atomic E-state index is 0.234. The van der Waals surface area contributed by atoms with Crippen molar-refractivity contribution in [1.82, 2.24) is 15.5 Å². The molecule has 0 aliphatic carbocycles. The van der Waals surface area contributed by atoms with Gasteiger partial charge in [0.25, 0.3) is 0 Å². The van der Waals surface area contributed by atoms with E-state index in [1.807, 2.05) is 30.3 Å². The van der Waals surface area contributed by atoms with Gasteiger partial charge in [0.05, 0.1) is 25.6 Å². The number of nitrogens with one attached hydrogen (secondary N) is 2. The smallest absolute Gasteiger partial charge is 0.426 e. The van der Waals surface area contributed by atoms with Crippen LogP contribution >= 0.6 is 0 Å². The fourth-order valence-corrected chi connectivity index (χ4v) is 4.29. The highest BCUT2D eigenvalue weighted by Crippen LogP contribution is 2.14. The van der Waals surface area contributed by atoms with Crippen molar-refractivity contribution in [1.29, 1.82) is 0 Å². The molecule has 3 amide bonds. The summed E-state index contributed by atoms with van der Waals surface area (Å²) < 4.78 is 10.8. The molecule has 11 heteroatoms. The first-order valence-electron chi connectivity index (χ1n) is 12.4. The molecular weight excluding hydrogens is 453 g/mol. The Morgan fingerprint density at radius 3 is 2.46 bits per heavy atom. The lowest BCUT2D eigenvalue weighted by Gasteiger charge is -2.30. The summed E-state index contributed by atoms with van der Waals surface area (Å²) in [6, 6.07) is 8.61. The third kappa shape index (κ3) is 8.92. The van der Waals surface area contributed by atoms with E-state index in [1.54, 1.807) is 4.90 Å². The quantitative estimate of drug-likeness (QED) is 0.316. The van der Waals surface area contributed by atoms with Gasteiger partial charge in [-0.25, -0.2) is 0 Å². The third-order valence-corrected chi connectivity index (χ3v) is 6.36. The SMILES string of the molecule is O=C(NC(CCCc1ccccc1)B(O)O)C(CC(=O)N1CCOCC1)NC(=O)[C@H]1CCCCO1. The molecule has 1 aromatic rings. The summed E-state index contributed by atoms with van der Waals surface area (Å²) in [5, 5.41) is 25.0. The molecule has 2 aliphatic rings. The standard InChI is InChI=1S/C24H36BN3O7/c29-22(28-12-15-34-16-13-28)17-19(26-24(31)20-10-4-5-14-35-20)23(30)27-21(25(32)33)11-6-9-18-7-2-1-3-8-18/h1-3,7-8,19-21,32-33H,4-6,9-17H2,(H,26,31)(H,27,30)/t19?,20-,21?/m1/s1. The molecule has 4 N–H and O–H groups in total. The number of ether oxygens (including phenoxy) is 2. The summed E-state index contributed by atoms with van der Waals surface area (Å²) in [6.45, 7) is 2.16. The van der Waals surface area contributed by atoms with Crippen LogP contribution in [0, 0.1) is 0 Å². The molecule has 2 saturated heterocycles. The van der Waals surface area contributed by atoms with Crippen molar-refractivity contribution < 1.29 is 33.9 Å². The number of carbonyl (C=O) groups is 3. The second-order valence-electron chi connectivity index (χ2n) is 9.02. The number of benzene rings is 1. The van der Waals surface area contributed by atoms with Gasteiger partial charge in [-0.3, -0.25) is 14.4 Å². The average Bonchev–Trinajstić information content (AvgIpc) is 2.89. The van der Waals surface area contributed by atoms with E-state index in [9.17, 15) is 24.4 Å². The van der Waals surface area contributed by atoms with Gasteiger partial charge in [0.15, 0.2) is 0 Å². The number of carbonyl (C=O) groups excluding carboxylic acids is 3. The zero-order valence-corrected chi connectivity index (χ0v) is 20.1. The minimum atomic E-state index is -1.78. The Bertz CT molecular complexity index is 783. The number of nitrogens with zero attached hydrogens (tertiary/aromatic N) is 1. The van der Waals surface area contributed by atoms with Gasteiger partial charge in [-0.15, -0.1) is 0 Å². The second-order valence-corrected chi connectivity index (χ2v) is 9.02. The number of rotatable bonds is 11. The van der Waals surface area contributed by atoms with Crippen LogP contribution in [-0.4, -0.2) is 90.8 Å². The summed E-state index contributed by atoms with van der Waals surface area (Å²) in [5.74, 6) is -2.28. The van der Waals surface area contributed by atoms with Crippen molar-refractivity contribution in [2.45, 2.75) is 63.0 Å². The molecule has 2 unspecified atom stereocenters. The van der Waals surface area contributed by atoms with E-state index in [-0.39, 0.29) is 12.3 Å². The second kappa shape index (κ2) is 14.2. The van der Waals surface area contributed by atoms with Crippen molar-refractivity contribution in [3.63, 3.8) is 0 Å². The fourth-order valence-electron chi connectivity index (χ4n) is 4.29. The molecule has 3 atom stereocenters. The highest BCUT2D eigenvalue weighted by atomic mass is 16.5. The lowest BCUT2D eigenvalue weighted by molar-refractivity contribution is -0.142. The molecule has 0 saturated carbocycles. The van der Waals surface area contributed by atoms with Gasteiger partial charge in [0.1, 0.15) is 12.1 Å². The zero-order valence-electron chi connectivity index (χ0n) is 20.1. The summed E-state index contributed by atoms with van der Waals surface area (Å²) in [6.07, 6.45) is 3.03. The molecule has 1 aromatic carbocycles. The van der Waals surface area contributed by atoms with Gasteiger partial charge < -0.3 is 35.1 Å². The third-order valence-electron chi connectivity index (χ3n) is 6.36. The predicted molar refractivity (Wildman–Crippen MR) is 129 cm³/mol. The van der Waals surface area contributed by atoms with E-state index in [4.69, 9.17) is 9.47 Å². The van der Waals surface area contributed by atoms with Gasteiger partial charge in [-0.1, -0.05) is 30.3 Å². The largest absolute Gasteiger partial charge is 0.475 e. The van der Waals surface area contributed by atoms with E-state index < -0.39 is 37.0 Å². The van der Waals surface area contributed by atoms with E-state index in [2.05, 4.69) is 10.6 Å². The molecule has 2 aliphatic heterocycles. The molecule has 192 valence electrons. The van der Waals surface area contributed by atoms with Gasteiger partial charge in [0, 0.05) is 19.7 Å². The van der Waals surface area contributed by atoms with Crippen LogP contribution in [-0.2, 0) is 30.3 Å². The molecule has 0 radical (unpaired) electrons. The lowest BCUT2D eigenvalue weighted by atomic mass is 9.76. The number of morpholine rings is 1. The Morgan fingerprint density at radius 1 is 1.06 bits per heavy atom. The van der Waals surface area contributed by atoms with Gasteiger partial charge in [-0.05, 0) is 44.1 Å². The minimum Gasteiger partial charge on any atom is -0.426 e. The van der Waals surface area contributed by atoms with Crippen LogP contribution in [0.25, 0.3) is 0 Å². The number of aryl methyl sites for hydroxylation is 1. The summed E-state index contributed by atoms with van der Waals surface area (Å²) >= 11 is 0. The van der Waals surface area contributed by atoms with Crippen molar-refractivity contribution in [3.05, 3.63) is 35.9 Å². The molecule has 2 heterocycles. The first-order valence-corrected chi connectivity index (χ1v) is 12.4. The normalized spacial score (nSPS) is 19.9. The van der Waals surface area contributed by atoms with Crippen LogP contribution < -0.4 is 10.6 Å². The summed E-state index contributed by atoms with van der Waals surface area (Å²) in [5.41, 5.74) is 1.11. The van der Waals surface area contributed by atoms with Crippen molar-refractivity contribution in [3.8, 4) is 0 Å². The van der Waals surface area contributed by atoms with Crippen LogP contribution in [0.4, 0.5) is 0 Å². The first kappa shape index (κ1) is 27.1. The Morgan fingerprint density at radius 2 is 1.80 bits per heavy atom. The Kier molecular flexibility index (Phi) is 11.0. The molecule has 0 bridgehead atoms. The lowest BCUT2D eigenvalue weighted by Crippen LogP contribution is -2.57. The topological polar surface area (TPSA) is 137 Å². The van der Waals surface area contributed by atoms with Gasteiger partial charge in [-0.2, -0.15) is 0 Å². The molecule has 0 aromatic heterocycles. The Hall–Kier alpha value is -2.47. The van der Waals surface area contributed by atoms with E-state index in [1.165, 1.54) is 0 Å². The van der Waals surface area contributed by atoms with E-state index in [0.29, 0.717) is 58.6 Å². The van der Waals surface area contributed by atoms with Crippen LogP contribution in [0.3, 0.4) is 0 Å². The maximum atomic E-state index is 13.1. The fraction of sp³-hybridized carbons (Fsp3) is 0.625. The maximum Gasteiger partial charge on any atom is 0.475 e. The molecule has 35 heavy (non-hydrogen) atoms. The number of hydrogen-bond donors (Lipinski definition) is 4. The first-order chi connectivity index (χ1) is 16.9. The Balaban J connectivity index is 1.61. The predicted octanol–water partition coefficient (Wildman–Crippen LogP) is -0.191. The summed E-state index contributed by atoms with van der Waals surface area (Å²) in [7, 11) is -1.78. The van der Waals surface area contributed by atoms with E-state index in [0.717, 1.165) is 18.4 Å². The molecule has 2 fully saturated rings. The maximum absolute atomic E-state index is 13.1. The number of hydrogen-bond acceptors (Lipinski definition) is 7. The van der Waals surface area contributed by atoms with Crippen molar-refractivity contribution in [2.75, 3.05) is 32.9 Å². The molecular formula is C24H36BN3O7. The highest BCUT2D eigenvalue weighted by Gasteiger charge is 2.33. The monoisotopic (exact) mass is 489 g/mol. The summed E-state index contributed by atoms with van der Waals surface area (Å²) in [4.78, 5) is 40.3. The van der Waals surface area contributed by atoms with Gasteiger partial charge >= 0.3 is 7.12 Å². The number of amides is 3. The zero-order chi connectivity index (χ0) is 25.0. The Labute approximate surface area is 206 Å². The molecule has 0 spiro atoms. The highest BCUT2D eigenvalue weighted by molar-refractivity contribution is 6.43. The van der Waals surface area contributed by atoms with Crippen LogP contribution in [0.2, 0.25) is 0 Å². The van der Waals surface area contributed by atoms with Crippen molar-refractivity contribution >= 4 is 24.8 Å². The van der Waals surface area contributed by atoms with Crippen LogP contribution in [0.15, 0.2) is 30.3 Å². The van der Waals surface area contributed by atoms with E-state index >= 15 is 0 Å². The molecule has 10 nitrogen and oxygen atoms in total. The van der Waals surface area contributed by atoms with Crippen LogP contribution in [0.1, 0.15) is 44.1 Å².